The molecule has 0 radical (unpaired) electrons. The van der Waals surface area contributed by atoms with Crippen molar-refractivity contribution in [2.75, 3.05) is 10.6 Å². The summed E-state index contributed by atoms with van der Waals surface area (Å²) in [6.45, 7) is 0. The Balaban J connectivity index is 1.66. The number of para-hydroxylation sites is 2. The van der Waals surface area contributed by atoms with Crippen LogP contribution in [0.3, 0.4) is 0 Å². The van der Waals surface area contributed by atoms with Gasteiger partial charge in [-0.15, -0.1) is 0 Å². The van der Waals surface area contributed by atoms with E-state index in [1.54, 1.807) is 47.6 Å². The summed E-state index contributed by atoms with van der Waals surface area (Å²) in [6, 6.07) is 18.2. The van der Waals surface area contributed by atoms with Crippen LogP contribution in [0.1, 0.15) is 64.2 Å². The molecule has 0 atom stereocenters. The number of nitrogens with zero attached hydrogens (tertiary/aromatic N) is 2. The predicted octanol–water partition coefficient (Wildman–Crippen LogP) is 5.26. The maximum absolute atomic E-state index is 14.4. The molecule has 2 heterocycles. The highest BCUT2D eigenvalue weighted by atomic mass is 16.5. The largest absolute Gasteiger partial charge is 0.323 e. The lowest BCUT2D eigenvalue weighted by Crippen LogP contribution is -2.46. The third kappa shape index (κ3) is 8.58. The number of carbonyl (C=O) groups excluding carboxylic acids is 4. The molecule has 0 unspecified atom stereocenters. The number of hydrogen-bond donors (Lipinski definition) is 6. The number of rotatable bonds is 16. The van der Waals surface area contributed by atoms with Gasteiger partial charge in [0.2, 0.25) is 23.6 Å². The first-order chi connectivity index (χ1) is 21.9. The lowest BCUT2D eigenvalue weighted by Gasteiger charge is -2.32. The number of nitrogens with one attached hydrogen (secondary N) is 4. The average Bonchev–Trinajstić information content (AvgIpc) is 3.07. The van der Waals surface area contributed by atoms with Crippen LogP contribution in [0.4, 0.5) is 11.4 Å². The zero-order chi connectivity index (χ0) is 32.1. The smallest absolute Gasteiger partial charge is 0.243 e. The molecule has 45 heavy (non-hydrogen) atoms. The van der Waals surface area contributed by atoms with Crippen molar-refractivity contribution in [2.24, 2.45) is 5.41 Å². The van der Waals surface area contributed by atoms with Gasteiger partial charge < -0.3 is 10.6 Å². The highest BCUT2D eigenvalue weighted by Crippen LogP contribution is 2.37. The summed E-state index contributed by atoms with van der Waals surface area (Å²) in [6.07, 6.45) is 6.75. The van der Waals surface area contributed by atoms with E-state index in [2.05, 4.69) is 20.6 Å². The predicted molar refractivity (Wildman–Crippen MR) is 169 cm³/mol. The molecule has 2 aromatic heterocycles. The molecule has 0 aliphatic rings. The first kappa shape index (κ1) is 33.0. The molecule has 6 N–H and O–H groups in total. The summed E-state index contributed by atoms with van der Waals surface area (Å²) < 4.78 is 0. The van der Waals surface area contributed by atoms with Crippen LogP contribution in [0.2, 0.25) is 0 Å². The molecule has 0 aliphatic heterocycles. The molecule has 2 aromatic carbocycles. The molecule has 0 bridgehead atoms. The second-order valence-corrected chi connectivity index (χ2v) is 10.9. The Kier molecular flexibility index (Phi) is 11.9. The molecule has 4 amide bonds. The summed E-state index contributed by atoms with van der Waals surface area (Å²) in [5.74, 6) is -1.99. The fraction of sp³-hybridized carbons (Fsp3) is 0.333. The zero-order valence-corrected chi connectivity index (χ0v) is 24.9. The Morgan fingerprint density at radius 1 is 0.578 bits per heavy atom. The van der Waals surface area contributed by atoms with E-state index in [1.165, 1.54) is 0 Å². The van der Waals surface area contributed by atoms with E-state index in [0.29, 0.717) is 60.9 Å². The van der Waals surface area contributed by atoms with Crippen molar-refractivity contribution >= 4 is 56.8 Å². The number of pyridine rings is 2. The molecular formula is C33H38N6O6. The van der Waals surface area contributed by atoms with Gasteiger partial charge >= 0.3 is 0 Å². The van der Waals surface area contributed by atoms with E-state index in [1.807, 2.05) is 36.4 Å². The average molecular weight is 615 g/mol. The van der Waals surface area contributed by atoms with Gasteiger partial charge in [-0.05, 0) is 49.9 Å². The number of anilines is 2. The summed E-state index contributed by atoms with van der Waals surface area (Å²) >= 11 is 0. The zero-order valence-electron chi connectivity index (χ0n) is 24.9. The molecule has 0 fully saturated rings. The number of hydrogen-bond acceptors (Lipinski definition) is 8. The molecule has 12 heteroatoms. The van der Waals surface area contributed by atoms with Crippen molar-refractivity contribution in [1.29, 1.82) is 0 Å². The summed E-state index contributed by atoms with van der Waals surface area (Å²) in [7, 11) is 0. The second-order valence-electron chi connectivity index (χ2n) is 10.9. The van der Waals surface area contributed by atoms with Crippen LogP contribution in [-0.4, -0.2) is 44.0 Å². The van der Waals surface area contributed by atoms with Gasteiger partial charge in [0.25, 0.3) is 0 Å². The first-order valence-electron chi connectivity index (χ1n) is 15.0. The van der Waals surface area contributed by atoms with E-state index in [4.69, 9.17) is 10.4 Å². The minimum atomic E-state index is -1.54. The molecule has 0 spiro atoms. The number of benzene rings is 2. The molecule has 0 aliphatic carbocycles. The molecule has 0 saturated carbocycles. The van der Waals surface area contributed by atoms with E-state index < -0.39 is 29.0 Å². The number of carbonyl (C=O) groups is 4. The monoisotopic (exact) mass is 614 g/mol. The van der Waals surface area contributed by atoms with Crippen LogP contribution < -0.4 is 21.6 Å². The lowest BCUT2D eigenvalue weighted by molar-refractivity contribution is -0.139. The molecule has 0 saturated heterocycles. The Hall–Kier alpha value is -4.94. The van der Waals surface area contributed by atoms with Gasteiger partial charge in [0, 0.05) is 36.0 Å². The van der Waals surface area contributed by atoms with Gasteiger partial charge in [0.05, 0.1) is 22.4 Å². The van der Waals surface area contributed by atoms with Gasteiger partial charge in [-0.25, -0.2) is 11.0 Å². The second kappa shape index (κ2) is 16.2. The van der Waals surface area contributed by atoms with Crippen molar-refractivity contribution in [3.05, 3.63) is 73.1 Å². The number of aromatic nitrogens is 2. The SMILES string of the molecule is O=C(CCCCCC(CCCCCC(=O)NO)(C(=O)Nc1cccc2cccnc12)C(=O)Nc1cccc2cccnc12)NO. The van der Waals surface area contributed by atoms with Crippen LogP contribution in [0.15, 0.2) is 73.1 Å². The van der Waals surface area contributed by atoms with E-state index >= 15 is 0 Å². The minimum Gasteiger partial charge on any atom is -0.323 e. The van der Waals surface area contributed by atoms with E-state index in [-0.39, 0.29) is 25.7 Å². The van der Waals surface area contributed by atoms with Crippen molar-refractivity contribution in [3.63, 3.8) is 0 Å². The maximum atomic E-state index is 14.4. The fourth-order valence-electron chi connectivity index (χ4n) is 5.47. The van der Waals surface area contributed by atoms with Crippen molar-refractivity contribution in [2.45, 2.75) is 64.2 Å². The van der Waals surface area contributed by atoms with Gasteiger partial charge in [-0.2, -0.15) is 0 Å². The topological polar surface area (TPSA) is 183 Å². The maximum Gasteiger partial charge on any atom is 0.243 e. The van der Waals surface area contributed by atoms with Crippen molar-refractivity contribution in [3.8, 4) is 0 Å². The number of fused-ring (bicyclic) bond motifs is 2. The molecule has 4 rings (SSSR count). The van der Waals surface area contributed by atoms with Crippen molar-refractivity contribution < 1.29 is 29.6 Å². The quantitative estimate of drug-likeness (QED) is 0.0427. The molecule has 12 nitrogen and oxygen atoms in total. The van der Waals surface area contributed by atoms with Gasteiger partial charge in [-0.1, -0.05) is 62.1 Å². The number of hydroxylamine groups is 2. The van der Waals surface area contributed by atoms with E-state index in [9.17, 15) is 19.2 Å². The highest BCUT2D eigenvalue weighted by Gasteiger charge is 2.45. The molecular weight excluding hydrogens is 576 g/mol. The van der Waals surface area contributed by atoms with Crippen LogP contribution in [0, 0.1) is 5.41 Å². The first-order valence-corrected chi connectivity index (χ1v) is 15.0. The summed E-state index contributed by atoms with van der Waals surface area (Å²) in [5, 5.41) is 25.3. The normalized spacial score (nSPS) is 11.2. The standard InChI is InChI=1S/C33H38N6O6/c40-27(38-44)17-3-1-5-19-33(20-6-2-4-18-28(41)39-45,31(42)36-25-15-7-11-23-13-9-21-34-29(23)25)32(43)37-26-16-8-12-24-14-10-22-35-30(24)26/h7-16,21-22,44-45H,1-6,17-20H2,(H,36,42)(H,37,43)(H,38,40)(H,39,41). The van der Waals surface area contributed by atoms with Gasteiger partial charge in [0.15, 0.2) is 0 Å². The van der Waals surface area contributed by atoms with Crippen LogP contribution in [-0.2, 0) is 19.2 Å². The van der Waals surface area contributed by atoms with Crippen molar-refractivity contribution in [1.82, 2.24) is 20.9 Å². The molecule has 4 aromatic rings. The van der Waals surface area contributed by atoms with E-state index in [0.717, 1.165) is 10.8 Å². The number of unbranched alkanes of at least 4 members (excludes halogenated alkanes) is 4. The summed E-state index contributed by atoms with van der Waals surface area (Å²) in [4.78, 5) is 60.8. The Morgan fingerprint density at radius 3 is 1.42 bits per heavy atom. The fourth-order valence-corrected chi connectivity index (χ4v) is 5.47. The third-order valence-electron chi connectivity index (χ3n) is 7.90. The van der Waals surface area contributed by atoms with Crippen LogP contribution >= 0.6 is 0 Å². The summed E-state index contributed by atoms with van der Waals surface area (Å²) in [5.41, 5.74) is 3.83. The number of amides is 4. The minimum absolute atomic E-state index is 0.109. The van der Waals surface area contributed by atoms with Gasteiger partial charge in [0.1, 0.15) is 5.41 Å². The third-order valence-corrected chi connectivity index (χ3v) is 7.90. The van der Waals surface area contributed by atoms with Gasteiger partial charge in [-0.3, -0.25) is 39.6 Å². The molecule has 236 valence electrons. The lowest BCUT2D eigenvalue weighted by atomic mass is 9.75. The Morgan fingerprint density at radius 2 is 1.00 bits per heavy atom. The Labute approximate surface area is 260 Å². The highest BCUT2D eigenvalue weighted by molar-refractivity contribution is 6.17. The van der Waals surface area contributed by atoms with Crippen LogP contribution in [0.25, 0.3) is 21.8 Å². The Bertz CT molecular complexity index is 1510. The van der Waals surface area contributed by atoms with Crippen LogP contribution in [0.5, 0.6) is 0 Å².